The Morgan fingerprint density at radius 1 is 0.750 bits per heavy atom. The summed E-state index contributed by atoms with van der Waals surface area (Å²) in [5.74, 6) is 0.412. The number of amides is 3. The molecule has 0 spiro atoms. The number of benzene rings is 5. The van der Waals surface area contributed by atoms with Gasteiger partial charge in [0, 0.05) is 54.6 Å². The monoisotopic (exact) mass is 772 g/mol. The molecule has 1 heterocycles. The van der Waals surface area contributed by atoms with Crippen molar-refractivity contribution in [2.75, 3.05) is 22.1 Å². The molecule has 1 aliphatic rings. The molecule has 3 amide bonds. The van der Waals surface area contributed by atoms with E-state index >= 15 is 0 Å². The number of nitrogens with one attached hydrogen (secondary N) is 3. The molecule has 0 aromatic heterocycles. The van der Waals surface area contributed by atoms with E-state index in [0.717, 1.165) is 44.0 Å². The third kappa shape index (κ3) is 11.8. The van der Waals surface area contributed by atoms with E-state index < -0.39 is 6.29 Å². The van der Waals surface area contributed by atoms with Gasteiger partial charge in [-0.15, -0.1) is 11.8 Å². The number of rotatable bonds is 16. The zero-order valence-electron chi connectivity index (χ0n) is 31.4. The summed E-state index contributed by atoms with van der Waals surface area (Å²) < 4.78 is 13.2. The fourth-order valence-corrected chi connectivity index (χ4v) is 7.38. The molecule has 10 nitrogen and oxygen atoms in total. The first-order chi connectivity index (χ1) is 27.2. The molecule has 11 heteroatoms. The number of hydrogen-bond acceptors (Lipinski definition) is 8. The van der Waals surface area contributed by atoms with Crippen LogP contribution in [0.3, 0.4) is 0 Å². The van der Waals surface area contributed by atoms with Gasteiger partial charge in [0.25, 0.3) is 0 Å². The standard InChI is InChI=1S/C45H48N4O6S/c1-30(51)48-37-20-22-39(23-21-37)56-29-38-26-42(33-18-16-31(28-50)17-19-33)55-45(54-38)36-11-7-10-35(25-36)34-9-6-8-32(24-34)27-47-43(52)14-4-5-15-44(53)49-41-13-3-2-12-40(41)46/h2-3,6-13,16-25,38,42,45,50H,4-5,14-15,26-29,46H2,1H3,(H,47,52)(H,48,51)(H,49,53)/t38-,42+,45+/m0/s1. The third-order valence-electron chi connectivity index (χ3n) is 9.43. The SMILES string of the molecule is CC(=O)Nc1ccc(SC[C@@H]2C[C@H](c3ccc(CO)cc3)O[C@H](c3cccc(-c4cccc(CNC(=O)CCCCC(=O)Nc5ccccc5N)c4)c3)O2)cc1. The molecule has 6 N–H and O–H groups in total. The molecule has 3 atom stereocenters. The zero-order chi connectivity index (χ0) is 39.3. The topological polar surface area (TPSA) is 152 Å². The third-order valence-corrected chi connectivity index (χ3v) is 10.6. The van der Waals surface area contributed by atoms with Crippen molar-refractivity contribution in [3.05, 3.63) is 144 Å². The van der Waals surface area contributed by atoms with Gasteiger partial charge in [0.2, 0.25) is 17.7 Å². The van der Waals surface area contributed by atoms with Crippen molar-refractivity contribution >= 4 is 46.5 Å². The number of carbonyl (C=O) groups excluding carboxylic acids is 3. The molecule has 6 rings (SSSR count). The first-order valence-corrected chi connectivity index (χ1v) is 19.8. The van der Waals surface area contributed by atoms with E-state index in [4.69, 9.17) is 15.2 Å². The lowest BCUT2D eigenvalue weighted by Crippen LogP contribution is -2.31. The minimum atomic E-state index is -0.607. The molecule has 1 saturated heterocycles. The Balaban J connectivity index is 1.06. The number of ether oxygens (including phenoxy) is 2. The number of aliphatic hydroxyl groups excluding tert-OH is 1. The Kier molecular flexibility index (Phi) is 14.3. The Morgan fingerprint density at radius 2 is 1.46 bits per heavy atom. The molecule has 0 saturated carbocycles. The van der Waals surface area contributed by atoms with Crippen LogP contribution >= 0.6 is 11.8 Å². The molecule has 1 aliphatic heterocycles. The Hall–Kier alpha value is -5.46. The predicted octanol–water partition coefficient (Wildman–Crippen LogP) is 8.54. The van der Waals surface area contributed by atoms with E-state index in [-0.39, 0.29) is 36.5 Å². The fourth-order valence-electron chi connectivity index (χ4n) is 6.46. The number of unbranched alkanes of at least 4 members (excludes halogenated alkanes) is 1. The average Bonchev–Trinajstić information content (AvgIpc) is 3.22. The van der Waals surface area contributed by atoms with E-state index in [1.54, 1.807) is 23.9 Å². The van der Waals surface area contributed by atoms with Crippen molar-refractivity contribution in [2.45, 2.75) is 75.6 Å². The summed E-state index contributed by atoms with van der Waals surface area (Å²) in [5.41, 5.74) is 13.5. The van der Waals surface area contributed by atoms with Gasteiger partial charge < -0.3 is 36.3 Å². The number of aliphatic hydroxyl groups is 1. The number of hydrogen-bond donors (Lipinski definition) is 5. The Bertz CT molecular complexity index is 2090. The predicted molar refractivity (Wildman–Crippen MR) is 222 cm³/mol. The van der Waals surface area contributed by atoms with Gasteiger partial charge in [-0.1, -0.05) is 72.8 Å². The van der Waals surface area contributed by atoms with Gasteiger partial charge in [0.05, 0.1) is 30.2 Å². The number of carbonyl (C=O) groups is 3. The van der Waals surface area contributed by atoms with Gasteiger partial charge in [-0.05, 0) is 89.2 Å². The molecule has 290 valence electrons. The van der Waals surface area contributed by atoms with E-state index in [1.165, 1.54) is 6.92 Å². The van der Waals surface area contributed by atoms with Crippen LogP contribution in [0.1, 0.15) is 73.7 Å². The van der Waals surface area contributed by atoms with Crippen LogP contribution in [-0.4, -0.2) is 34.7 Å². The lowest BCUT2D eigenvalue weighted by Gasteiger charge is -2.36. The van der Waals surface area contributed by atoms with Gasteiger partial charge in [-0.3, -0.25) is 14.4 Å². The van der Waals surface area contributed by atoms with Crippen LogP contribution in [0.25, 0.3) is 11.1 Å². The highest BCUT2D eigenvalue weighted by atomic mass is 32.2. The summed E-state index contributed by atoms with van der Waals surface area (Å²) in [6, 6.07) is 39.0. The van der Waals surface area contributed by atoms with E-state index in [9.17, 15) is 19.5 Å². The van der Waals surface area contributed by atoms with Gasteiger partial charge in [-0.25, -0.2) is 0 Å². The van der Waals surface area contributed by atoms with Crippen LogP contribution < -0.4 is 21.7 Å². The normalized spacial score (nSPS) is 16.5. The minimum Gasteiger partial charge on any atom is -0.397 e. The largest absolute Gasteiger partial charge is 0.397 e. The second kappa shape index (κ2) is 19.9. The zero-order valence-corrected chi connectivity index (χ0v) is 32.2. The van der Waals surface area contributed by atoms with Crippen molar-refractivity contribution in [1.29, 1.82) is 0 Å². The van der Waals surface area contributed by atoms with Gasteiger partial charge in [0.15, 0.2) is 6.29 Å². The minimum absolute atomic E-state index is 0.0219. The number of thioether (sulfide) groups is 1. The highest BCUT2D eigenvalue weighted by Crippen LogP contribution is 2.40. The van der Waals surface area contributed by atoms with E-state index in [0.29, 0.717) is 55.8 Å². The van der Waals surface area contributed by atoms with Crippen LogP contribution in [0.5, 0.6) is 0 Å². The summed E-state index contributed by atoms with van der Waals surface area (Å²) in [5, 5.41) is 18.2. The molecule has 5 aromatic carbocycles. The van der Waals surface area contributed by atoms with E-state index in [1.807, 2.05) is 91.0 Å². The van der Waals surface area contributed by atoms with E-state index in [2.05, 4.69) is 34.1 Å². The van der Waals surface area contributed by atoms with Crippen LogP contribution in [0.4, 0.5) is 17.1 Å². The molecule has 1 fully saturated rings. The van der Waals surface area contributed by atoms with Crippen molar-refractivity contribution in [3.63, 3.8) is 0 Å². The maximum absolute atomic E-state index is 12.7. The Morgan fingerprint density at radius 3 is 2.20 bits per heavy atom. The summed E-state index contributed by atoms with van der Waals surface area (Å²) >= 11 is 1.69. The molecular formula is C45H48N4O6S. The van der Waals surface area contributed by atoms with Crippen LogP contribution in [0.2, 0.25) is 0 Å². The summed E-state index contributed by atoms with van der Waals surface area (Å²) in [6.45, 7) is 1.86. The lowest BCUT2D eigenvalue weighted by molar-refractivity contribution is -0.245. The maximum Gasteiger partial charge on any atom is 0.224 e. The molecule has 0 radical (unpaired) electrons. The van der Waals surface area contributed by atoms with Crippen molar-refractivity contribution < 1.29 is 29.0 Å². The summed E-state index contributed by atoms with van der Waals surface area (Å²) in [7, 11) is 0. The number of anilines is 3. The number of nitrogen functional groups attached to an aromatic ring is 1. The van der Waals surface area contributed by atoms with Crippen molar-refractivity contribution in [2.24, 2.45) is 0 Å². The maximum atomic E-state index is 12.7. The van der Waals surface area contributed by atoms with Gasteiger partial charge in [-0.2, -0.15) is 0 Å². The second-order valence-electron chi connectivity index (χ2n) is 13.8. The van der Waals surface area contributed by atoms with Crippen LogP contribution in [0, 0.1) is 0 Å². The van der Waals surface area contributed by atoms with Crippen LogP contribution in [0.15, 0.2) is 126 Å². The first-order valence-electron chi connectivity index (χ1n) is 18.8. The molecular weight excluding hydrogens is 725 g/mol. The summed E-state index contributed by atoms with van der Waals surface area (Å²) in [6.07, 6.45) is 1.57. The lowest BCUT2D eigenvalue weighted by atomic mass is 9.99. The number of nitrogens with two attached hydrogens (primary N) is 1. The van der Waals surface area contributed by atoms with Crippen molar-refractivity contribution in [1.82, 2.24) is 5.32 Å². The molecule has 5 aromatic rings. The van der Waals surface area contributed by atoms with Gasteiger partial charge in [0.1, 0.15) is 0 Å². The smallest absolute Gasteiger partial charge is 0.224 e. The highest BCUT2D eigenvalue weighted by molar-refractivity contribution is 7.99. The quantitative estimate of drug-likeness (QED) is 0.0380. The average molecular weight is 773 g/mol. The fraction of sp³-hybridized carbons (Fsp3) is 0.267. The Labute approximate surface area is 332 Å². The molecule has 56 heavy (non-hydrogen) atoms. The summed E-state index contributed by atoms with van der Waals surface area (Å²) in [4.78, 5) is 37.5. The second-order valence-corrected chi connectivity index (χ2v) is 14.9. The number of para-hydroxylation sites is 2. The van der Waals surface area contributed by atoms with Crippen LogP contribution in [-0.2, 0) is 37.0 Å². The highest BCUT2D eigenvalue weighted by Gasteiger charge is 2.32. The first kappa shape index (κ1) is 40.2. The molecule has 0 unspecified atom stereocenters. The molecule has 0 bridgehead atoms. The van der Waals surface area contributed by atoms with Crippen molar-refractivity contribution in [3.8, 4) is 11.1 Å². The molecule has 0 aliphatic carbocycles. The van der Waals surface area contributed by atoms with Gasteiger partial charge >= 0.3 is 0 Å².